The van der Waals surface area contributed by atoms with Gasteiger partial charge < -0.3 is 19.9 Å². The summed E-state index contributed by atoms with van der Waals surface area (Å²) in [6, 6.07) is 21.3. The Balaban J connectivity index is 1.46. The number of hydrogen-bond donors (Lipinski definition) is 1. The molecule has 0 radical (unpaired) electrons. The quantitative estimate of drug-likeness (QED) is 0.550. The van der Waals surface area contributed by atoms with Crippen molar-refractivity contribution in [3.05, 3.63) is 71.8 Å². The van der Waals surface area contributed by atoms with Crippen LogP contribution in [0.25, 0.3) is 0 Å². The lowest BCUT2D eigenvalue weighted by atomic mass is 10.1. The van der Waals surface area contributed by atoms with Crippen molar-refractivity contribution in [2.45, 2.75) is 19.1 Å². The molecule has 1 N–H and O–H groups in total. The molecule has 2 aromatic carbocycles. The van der Waals surface area contributed by atoms with E-state index in [0.29, 0.717) is 18.6 Å². The third-order valence-corrected chi connectivity index (χ3v) is 5.52. The first-order valence-corrected chi connectivity index (χ1v) is 10.5. The second-order valence-electron chi connectivity index (χ2n) is 7.92. The van der Waals surface area contributed by atoms with Gasteiger partial charge in [-0.25, -0.2) is 0 Å². The lowest BCUT2D eigenvalue weighted by Crippen LogP contribution is -2.43. The first-order chi connectivity index (χ1) is 14.2. The van der Waals surface area contributed by atoms with E-state index in [4.69, 9.17) is 4.74 Å². The molecular formula is C24H34N4O. The van der Waals surface area contributed by atoms with Gasteiger partial charge >= 0.3 is 0 Å². The molecule has 2 aromatic rings. The summed E-state index contributed by atoms with van der Waals surface area (Å²) in [6.07, 6.45) is 1.14. The van der Waals surface area contributed by atoms with Crippen LogP contribution in [-0.2, 0) is 11.3 Å². The van der Waals surface area contributed by atoms with Crippen molar-refractivity contribution >= 4 is 5.96 Å². The second kappa shape index (κ2) is 11.0. The van der Waals surface area contributed by atoms with Crippen LogP contribution in [0.1, 0.15) is 23.6 Å². The van der Waals surface area contributed by atoms with Gasteiger partial charge in [0.2, 0.25) is 0 Å². The van der Waals surface area contributed by atoms with E-state index in [9.17, 15) is 0 Å². The molecule has 5 nitrogen and oxygen atoms in total. The monoisotopic (exact) mass is 394 g/mol. The highest BCUT2D eigenvalue weighted by Gasteiger charge is 2.25. The highest BCUT2D eigenvalue weighted by atomic mass is 16.5. The van der Waals surface area contributed by atoms with E-state index in [1.54, 1.807) is 0 Å². The molecule has 156 valence electrons. The molecule has 0 spiro atoms. The Hall–Kier alpha value is -2.37. The topological polar surface area (TPSA) is 40.1 Å². The molecule has 0 aliphatic carbocycles. The maximum absolute atomic E-state index is 5.96. The maximum Gasteiger partial charge on any atom is 0.193 e. The van der Waals surface area contributed by atoms with Crippen molar-refractivity contribution in [3.63, 3.8) is 0 Å². The first kappa shape index (κ1) is 21.3. The van der Waals surface area contributed by atoms with Gasteiger partial charge in [-0.15, -0.1) is 0 Å². The first-order valence-electron chi connectivity index (χ1n) is 10.5. The van der Waals surface area contributed by atoms with Crippen LogP contribution < -0.4 is 5.32 Å². The molecule has 2 atom stereocenters. The van der Waals surface area contributed by atoms with E-state index in [1.807, 2.05) is 13.1 Å². The number of aliphatic imine (C=N–C) groups is 1. The normalized spacial score (nSPS) is 18.3. The van der Waals surface area contributed by atoms with Gasteiger partial charge in [-0.05, 0) is 31.6 Å². The van der Waals surface area contributed by atoms with Gasteiger partial charge in [0, 0.05) is 32.6 Å². The van der Waals surface area contributed by atoms with Crippen LogP contribution in [0.2, 0.25) is 0 Å². The molecule has 0 bridgehead atoms. The summed E-state index contributed by atoms with van der Waals surface area (Å²) in [4.78, 5) is 9.13. The lowest BCUT2D eigenvalue weighted by Gasteiger charge is -2.28. The number of ether oxygens (including phenoxy) is 1. The maximum atomic E-state index is 5.96. The summed E-state index contributed by atoms with van der Waals surface area (Å²) in [5, 5.41) is 3.59. The molecule has 29 heavy (non-hydrogen) atoms. The molecule has 1 fully saturated rings. The van der Waals surface area contributed by atoms with E-state index in [1.165, 1.54) is 11.1 Å². The van der Waals surface area contributed by atoms with E-state index in [0.717, 1.165) is 38.6 Å². The molecule has 5 heteroatoms. The third-order valence-electron chi connectivity index (χ3n) is 5.52. The molecule has 3 rings (SSSR count). The molecule has 1 saturated heterocycles. The van der Waals surface area contributed by atoms with Crippen molar-refractivity contribution in [2.24, 2.45) is 10.9 Å². The van der Waals surface area contributed by atoms with Crippen molar-refractivity contribution < 1.29 is 4.74 Å². The molecule has 2 unspecified atom stereocenters. The minimum absolute atomic E-state index is 0.306. The predicted molar refractivity (Wildman–Crippen MR) is 120 cm³/mol. The highest BCUT2D eigenvalue weighted by Crippen LogP contribution is 2.19. The zero-order chi connectivity index (χ0) is 20.5. The SMILES string of the molecule is CN=C(NCC(c1ccccc1)N(C)C)N1CCC(COCc2ccccc2)C1. The number of benzene rings is 2. The van der Waals surface area contributed by atoms with E-state index < -0.39 is 0 Å². The summed E-state index contributed by atoms with van der Waals surface area (Å²) >= 11 is 0. The van der Waals surface area contributed by atoms with Crippen molar-refractivity contribution in [1.82, 2.24) is 15.1 Å². The minimum atomic E-state index is 0.306. The Morgan fingerprint density at radius 2 is 1.83 bits per heavy atom. The van der Waals surface area contributed by atoms with Crippen molar-refractivity contribution in [3.8, 4) is 0 Å². The van der Waals surface area contributed by atoms with Gasteiger partial charge in [0.25, 0.3) is 0 Å². The molecule has 0 amide bonds. The molecule has 1 heterocycles. The highest BCUT2D eigenvalue weighted by molar-refractivity contribution is 5.80. The second-order valence-corrected chi connectivity index (χ2v) is 7.92. The summed E-state index contributed by atoms with van der Waals surface area (Å²) in [5.74, 6) is 1.54. The number of rotatable bonds is 8. The molecule has 0 saturated carbocycles. The molecule has 1 aliphatic rings. The Bertz CT molecular complexity index is 748. The summed E-state index contributed by atoms with van der Waals surface area (Å²) in [5.41, 5.74) is 2.55. The molecule has 0 aromatic heterocycles. The fraction of sp³-hybridized carbons (Fsp3) is 0.458. The van der Waals surface area contributed by atoms with Crippen LogP contribution in [0, 0.1) is 5.92 Å². The summed E-state index contributed by atoms with van der Waals surface area (Å²) in [6.45, 7) is 4.33. The van der Waals surface area contributed by atoms with Crippen LogP contribution in [0.5, 0.6) is 0 Å². The molecule has 1 aliphatic heterocycles. The fourth-order valence-electron chi connectivity index (χ4n) is 3.87. The van der Waals surface area contributed by atoms with Gasteiger partial charge in [-0.3, -0.25) is 4.99 Å². The fourth-order valence-corrected chi connectivity index (χ4v) is 3.87. The van der Waals surface area contributed by atoms with E-state index in [2.05, 4.69) is 88.8 Å². The van der Waals surface area contributed by atoms with Crippen LogP contribution in [0.4, 0.5) is 0 Å². The number of nitrogens with one attached hydrogen (secondary N) is 1. The van der Waals surface area contributed by atoms with Gasteiger partial charge in [-0.1, -0.05) is 60.7 Å². The number of hydrogen-bond acceptors (Lipinski definition) is 3. The minimum Gasteiger partial charge on any atom is -0.376 e. The average molecular weight is 395 g/mol. The standard InChI is InChI=1S/C24H34N4O/c1-25-24(26-16-23(27(2)3)22-12-8-5-9-13-22)28-15-14-21(17-28)19-29-18-20-10-6-4-7-11-20/h4-13,21,23H,14-19H2,1-3H3,(H,25,26). The molecular weight excluding hydrogens is 360 g/mol. The Morgan fingerprint density at radius 1 is 1.14 bits per heavy atom. The Labute approximate surface area is 175 Å². The lowest BCUT2D eigenvalue weighted by molar-refractivity contribution is 0.0906. The zero-order valence-electron chi connectivity index (χ0n) is 17.9. The Kier molecular flexibility index (Phi) is 8.08. The van der Waals surface area contributed by atoms with Crippen LogP contribution in [0.15, 0.2) is 65.7 Å². The van der Waals surface area contributed by atoms with Crippen molar-refractivity contribution in [2.75, 3.05) is 47.4 Å². The zero-order valence-corrected chi connectivity index (χ0v) is 17.9. The van der Waals surface area contributed by atoms with Gasteiger partial charge in [0.15, 0.2) is 5.96 Å². The third kappa shape index (κ3) is 6.31. The predicted octanol–water partition coefficient (Wildman–Crippen LogP) is 3.40. The van der Waals surface area contributed by atoms with E-state index >= 15 is 0 Å². The summed E-state index contributed by atoms with van der Waals surface area (Å²) in [7, 11) is 6.12. The summed E-state index contributed by atoms with van der Waals surface area (Å²) < 4.78 is 5.96. The number of likely N-dealkylation sites (N-methyl/N-ethyl adjacent to an activating group) is 1. The average Bonchev–Trinajstić information content (AvgIpc) is 3.21. The number of guanidine groups is 1. The van der Waals surface area contributed by atoms with Gasteiger partial charge in [0.1, 0.15) is 0 Å². The van der Waals surface area contributed by atoms with E-state index in [-0.39, 0.29) is 0 Å². The van der Waals surface area contributed by atoms with Crippen LogP contribution in [0.3, 0.4) is 0 Å². The van der Waals surface area contributed by atoms with Gasteiger partial charge in [0.05, 0.1) is 19.3 Å². The van der Waals surface area contributed by atoms with Gasteiger partial charge in [-0.2, -0.15) is 0 Å². The Morgan fingerprint density at radius 3 is 2.48 bits per heavy atom. The number of nitrogens with zero attached hydrogens (tertiary/aromatic N) is 3. The smallest absolute Gasteiger partial charge is 0.193 e. The number of likely N-dealkylation sites (tertiary alicyclic amines) is 1. The largest absolute Gasteiger partial charge is 0.376 e. The van der Waals surface area contributed by atoms with Crippen molar-refractivity contribution in [1.29, 1.82) is 0 Å². The van der Waals surface area contributed by atoms with Crippen LogP contribution >= 0.6 is 0 Å². The van der Waals surface area contributed by atoms with Crippen LogP contribution in [-0.4, -0.2) is 63.1 Å².